The minimum Gasteiger partial charge on any atom is -0.507 e. The highest BCUT2D eigenvalue weighted by Gasteiger charge is 2.22. The number of hydrogen-bond donors (Lipinski definition) is 2. The van der Waals surface area contributed by atoms with E-state index < -0.39 is 38.3 Å². The van der Waals surface area contributed by atoms with Crippen molar-refractivity contribution in [1.29, 1.82) is 0 Å². The van der Waals surface area contributed by atoms with Crippen LogP contribution in [0.15, 0.2) is 39.7 Å². The summed E-state index contributed by atoms with van der Waals surface area (Å²) in [6.45, 7) is 0. The summed E-state index contributed by atoms with van der Waals surface area (Å²) in [5.74, 6) is -3.47. The molecule has 2 aromatic carbocycles. The van der Waals surface area contributed by atoms with Gasteiger partial charge in [0.25, 0.3) is 10.0 Å². The second-order valence-corrected chi connectivity index (χ2v) is 7.03. The van der Waals surface area contributed by atoms with Gasteiger partial charge in [0.1, 0.15) is 27.8 Å². The lowest BCUT2D eigenvalue weighted by Gasteiger charge is -2.11. The third kappa shape index (κ3) is 3.65. The van der Waals surface area contributed by atoms with E-state index in [0.29, 0.717) is 12.1 Å². The summed E-state index contributed by atoms with van der Waals surface area (Å²) in [4.78, 5) is 10.4. The highest BCUT2D eigenvalue weighted by atomic mass is 79.9. The van der Waals surface area contributed by atoms with E-state index in [1.54, 1.807) is 0 Å². The van der Waals surface area contributed by atoms with Crippen molar-refractivity contribution in [2.24, 2.45) is 0 Å². The molecule has 2 N–H and O–H groups in total. The quantitative estimate of drug-likeness (QED) is 0.584. The first-order chi connectivity index (χ1) is 11.2. The van der Waals surface area contributed by atoms with E-state index in [2.05, 4.69) is 20.7 Å². The molecule has 0 fully saturated rings. The fraction of sp³-hybridized carbons (Fsp3) is 0.0714. The van der Waals surface area contributed by atoms with Crippen LogP contribution >= 0.6 is 15.9 Å². The minimum absolute atomic E-state index is 0.150. The summed E-state index contributed by atoms with van der Waals surface area (Å²) in [7, 11) is -3.34. The van der Waals surface area contributed by atoms with Crippen molar-refractivity contribution in [2.75, 3.05) is 11.8 Å². The number of sulfonamides is 1. The number of carbonyl (C=O) groups excluding carboxylic acids is 1. The number of carbonyl (C=O) groups is 1. The van der Waals surface area contributed by atoms with Crippen LogP contribution in [0.25, 0.3) is 0 Å². The van der Waals surface area contributed by atoms with Crippen LogP contribution < -0.4 is 4.72 Å². The van der Waals surface area contributed by atoms with Gasteiger partial charge in [-0.05, 0) is 40.2 Å². The molecule has 0 aliphatic rings. The molecule has 24 heavy (non-hydrogen) atoms. The second kappa shape index (κ2) is 6.73. The number of ether oxygens (including phenoxy) is 1. The van der Waals surface area contributed by atoms with E-state index >= 15 is 0 Å². The van der Waals surface area contributed by atoms with E-state index in [9.17, 15) is 27.1 Å². The van der Waals surface area contributed by atoms with Crippen molar-refractivity contribution < 1.29 is 31.8 Å². The first-order valence-corrected chi connectivity index (χ1v) is 8.52. The van der Waals surface area contributed by atoms with Crippen LogP contribution in [0.1, 0.15) is 10.4 Å². The van der Waals surface area contributed by atoms with Crippen molar-refractivity contribution in [2.45, 2.75) is 4.90 Å². The Morgan fingerprint density at radius 3 is 2.46 bits per heavy atom. The van der Waals surface area contributed by atoms with Crippen LogP contribution in [0.3, 0.4) is 0 Å². The molecule has 0 saturated carbocycles. The van der Waals surface area contributed by atoms with E-state index in [-0.39, 0.29) is 15.7 Å². The number of methoxy groups -OCH3 is 1. The van der Waals surface area contributed by atoms with Gasteiger partial charge >= 0.3 is 5.97 Å². The molecule has 10 heteroatoms. The molecule has 2 rings (SSSR count). The molecule has 0 unspecified atom stereocenters. The Morgan fingerprint density at radius 2 is 1.88 bits per heavy atom. The largest absolute Gasteiger partial charge is 0.507 e. The maximum absolute atomic E-state index is 13.8. The van der Waals surface area contributed by atoms with Gasteiger partial charge < -0.3 is 9.84 Å². The average Bonchev–Trinajstić information content (AvgIpc) is 2.49. The molecule has 0 aliphatic carbocycles. The maximum Gasteiger partial charge on any atom is 0.341 e. The standard InChI is InChI=1S/C14H10BrF2NO5S/c1-23-14(20)8-3-2-7(4-12(8)19)18-24(21,22)13-6-10(16)9(15)5-11(13)17/h2-6,18-19H,1H3. The Labute approximate surface area is 144 Å². The van der Waals surface area contributed by atoms with Crippen molar-refractivity contribution in [3.05, 3.63) is 52.0 Å². The Morgan fingerprint density at radius 1 is 1.21 bits per heavy atom. The SMILES string of the molecule is COC(=O)c1ccc(NS(=O)(=O)c2cc(F)c(Br)cc2F)cc1O. The van der Waals surface area contributed by atoms with Crippen LogP contribution in [0.2, 0.25) is 0 Å². The van der Waals surface area contributed by atoms with Crippen molar-refractivity contribution >= 4 is 37.6 Å². The Hall–Kier alpha value is -2.20. The first kappa shape index (κ1) is 18.1. The Balaban J connectivity index is 2.38. The van der Waals surface area contributed by atoms with Gasteiger partial charge in [-0.15, -0.1) is 0 Å². The number of phenolic OH excluding ortho intramolecular Hbond substituents is 1. The van der Waals surface area contributed by atoms with Crippen molar-refractivity contribution in [3.63, 3.8) is 0 Å². The Kier molecular flexibility index (Phi) is 5.09. The molecule has 2 aromatic rings. The summed E-state index contributed by atoms with van der Waals surface area (Å²) in [6.07, 6.45) is 0. The molecule has 0 aliphatic heterocycles. The van der Waals surface area contributed by atoms with Gasteiger partial charge in [0.05, 0.1) is 17.3 Å². The molecule has 0 aromatic heterocycles. The van der Waals surface area contributed by atoms with Crippen LogP contribution in [0.5, 0.6) is 5.75 Å². The van der Waals surface area contributed by atoms with Gasteiger partial charge in [-0.3, -0.25) is 4.72 Å². The van der Waals surface area contributed by atoms with Gasteiger partial charge in [0.2, 0.25) is 0 Å². The fourth-order valence-electron chi connectivity index (χ4n) is 1.80. The summed E-state index contributed by atoms with van der Waals surface area (Å²) < 4.78 is 57.8. The van der Waals surface area contributed by atoms with E-state index in [0.717, 1.165) is 25.3 Å². The summed E-state index contributed by atoms with van der Waals surface area (Å²) in [5, 5.41) is 9.72. The maximum atomic E-state index is 13.8. The molecule has 0 atom stereocenters. The molecule has 6 nitrogen and oxygen atoms in total. The zero-order valence-electron chi connectivity index (χ0n) is 12.0. The molecule has 0 spiro atoms. The molecule has 0 bridgehead atoms. The zero-order valence-corrected chi connectivity index (χ0v) is 14.4. The molecule has 128 valence electrons. The van der Waals surface area contributed by atoms with Gasteiger partial charge in [-0.2, -0.15) is 0 Å². The van der Waals surface area contributed by atoms with Gasteiger partial charge in [-0.25, -0.2) is 22.0 Å². The number of aromatic hydroxyl groups is 1. The van der Waals surface area contributed by atoms with Crippen LogP contribution in [-0.2, 0) is 14.8 Å². The summed E-state index contributed by atoms with van der Waals surface area (Å²) >= 11 is 2.74. The van der Waals surface area contributed by atoms with Crippen molar-refractivity contribution in [1.82, 2.24) is 0 Å². The summed E-state index contributed by atoms with van der Waals surface area (Å²) in [5.41, 5.74) is -0.329. The summed E-state index contributed by atoms with van der Waals surface area (Å²) in [6, 6.07) is 4.43. The van der Waals surface area contributed by atoms with Gasteiger partial charge in [0, 0.05) is 6.07 Å². The molecular formula is C14H10BrF2NO5S. The van der Waals surface area contributed by atoms with Gasteiger partial charge in [0.15, 0.2) is 0 Å². The lowest BCUT2D eigenvalue weighted by atomic mass is 10.2. The fourth-order valence-corrected chi connectivity index (χ4v) is 3.24. The third-order valence-corrected chi connectivity index (χ3v) is 4.92. The van der Waals surface area contributed by atoms with Gasteiger partial charge in [-0.1, -0.05) is 0 Å². The first-order valence-electron chi connectivity index (χ1n) is 6.24. The predicted molar refractivity (Wildman–Crippen MR) is 84.3 cm³/mol. The zero-order chi connectivity index (χ0) is 18.1. The highest BCUT2D eigenvalue weighted by Crippen LogP contribution is 2.27. The Bertz CT molecular complexity index is 918. The number of esters is 1. The molecule has 0 radical (unpaired) electrons. The molecule has 0 amide bonds. The number of anilines is 1. The second-order valence-electron chi connectivity index (χ2n) is 4.53. The lowest BCUT2D eigenvalue weighted by Crippen LogP contribution is -2.15. The van der Waals surface area contributed by atoms with E-state index in [1.807, 2.05) is 4.72 Å². The molecular weight excluding hydrogens is 412 g/mol. The third-order valence-electron chi connectivity index (χ3n) is 2.92. The molecule has 0 heterocycles. The van der Waals surface area contributed by atoms with Crippen LogP contribution in [0.4, 0.5) is 14.5 Å². The normalized spacial score (nSPS) is 11.2. The smallest absolute Gasteiger partial charge is 0.341 e. The van der Waals surface area contributed by atoms with Crippen LogP contribution in [0, 0.1) is 11.6 Å². The number of nitrogens with one attached hydrogen (secondary N) is 1. The molecule has 0 saturated heterocycles. The number of benzene rings is 2. The monoisotopic (exact) mass is 421 g/mol. The number of halogens is 3. The lowest BCUT2D eigenvalue weighted by molar-refractivity contribution is 0.0597. The van der Waals surface area contributed by atoms with E-state index in [4.69, 9.17) is 0 Å². The highest BCUT2D eigenvalue weighted by molar-refractivity contribution is 9.10. The minimum atomic E-state index is -4.45. The average molecular weight is 422 g/mol. The van der Waals surface area contributed by atoms with E-state index in [1.165, 1.54) is 0 Å². The topological polar surface area (TPSA) is 92.7 Å². The van der Waals surface area contributed by atoms with Crippen LogP contribution in [-0.4, -0.2) is 26.6 Å². The number of phenols is 1. The number of hydrogen-bond acceptors (Lipinski definition) is 5. The van der Waals surface area contributed by atoms with Crippen molar-refractivity contribution in [3.8, 4) is 5.75 Å². The predicted octanol–water partition coefficient (Wildman–Crippen LogP) is 3.02. The number of rotatable bonds is 4.